The van der Waals surface area contributed by atoms with Crippen LogP contribution in [-0.2, 0) is 13.1 Å². The fraction of sp³-hybridized carbons (Fsp3) is 0.667. The van der Waals surface area contributed by atoms with Gasteiger partial charge in [-0.1, -0.05) is 6.92 Å². The van der Waals surface area contributed by atoms with Gasteiger partial charge in [0.05, 0.1) is 29.9 Å². The van der Waals surface area contributed by atoms with Crippen LogP contribution in [0.5, 0.6) is 0 Å². The summed E-state index contributed by atoms with van der Waals surface area (Å²) in [6.07, 6.45) is -3.49. The molecule has 0 aliphatic carbocycles. The van der Waals surface area contributed by atoms with Crippen molar-refractivity contribution in [1.82, 2.24) is 15.1 Å². The number of hydrogen-bond donors (Lipinski definition) is 1. The van der Waals surface area contributed by atoms with E-state index in [2.05, 4.69) is 10.4 Å². The van der Waals surface area contributed by atoms with Gasteiger partial charge < -0.3 is 5.32 Å². The second kappa shape index (κ2) is 4.96. The maximum absolute atomic E-state index is 12.5. The topological polar surface area (TPSA) is 46.9 Å². The molecule has 19 heavy (non-hydrogen) atoms. The first-order valence-corrected chi connectivity index (χ1v) is 6.17. The normalized spacial score (nSPS) is 21.0. The van der Waals surface area contributed by atoms with Crippen LogP contribution in [0, 0.1) is 5.92 Å². The van der Waals surface area contributed by atoms with E-state index in [1.807, 2.05) is 6.92 Å². The summed E-state index contributed by atoms with van der Waals surface area (Å²) in [4.78, 5) is 11.9. The number of Topliss-reactive ketones (excluding diaryl/α,β-unsaturated/α-hetero) is 1. The van der Waals surface area contributed by atoms with E-state index >= 15 is 0 Å². The van der Waals surface area contributed by atoms with Crippen LogP contribution in [0.1, 0.15) is 36.3 Å². The molecule has 0 aromatic carbocycles. The van der Waals surface area contributed by atoms with E-state index in [9.17, 15) is 18.0 Å². The molecule has 4 nitrogen and oxygen atoms in total. The number of hydrogen-bond acceptors (Lipinski definition) is 3. The zero-order chi connectivity index (χ0) is 14.2. The second-order valence-corrected chi connectivity index (χ2v) is 5.04. The first-order valence-electron chi connectivity index (χ1n) is 6.17. The molecular formula is C12H16F3N3O. The number of carbonyl (C=O) groups excluding carboxylic acids is 1. The van der Waals surface area contributed by atoms with Crippen molar-refractivity contribution in [3.8, 4) is 0 Å². The quantitative estimate of drug-likeness (QED) is 0.860. The molecule has 1 aliphatic rings. The molecule has 1 N–H and O–H groups in total. The van der Waals surface area contributed by atoms with Crippen molar-refractivity contribution in [3.63, 3.8) is 0 Å². The minimum atomic E-state index is -4.34. The van der Waals surface area contributed by atoms with Gasteiger partial charge in [-0.2, -0.15) is 18.3 Å². The largest absolute Gasteiger partial charge is 0.391 e. The van der Waals surface area contributed by atoms with Gasteiger partial charge in [-0.15, -0.1) is 0 Å². The van der Waals surface area contributed by atoms with Crippen LogP contribution in [0.3, 0.4) is 0 Å². The molecule has 0 spiro atoms. The molecule has 0 fully saturated rings. The summed E-state index contributed by atoms with van der Waals surface area (Å²) < 4.78 is 39.1. The fourth-order valence-electron chi connectivity index (χ4n) is 2.09. The Morgan fingerprint density at radius 2 is 2.32 bits per heavy atom. The van der Waals surface area contributed by atoms with Crippen LogP contribution in [0.2, 0.25) is 0 Å². The van der Waals surface area contributed by atoms with Crippen molar-refractivity contribution in [2.45, 2.75) is 45.6 Å². The SMILES string of the molecule is C[C@H]1Cn2ncc(C(=O)C[C@H](C)C(F)(F)F)c2CN1. The Kier molecular flexibility index (Phi) is 3.66. The molecule has 2 rings (SSSR count). The summed E-state index contributed by atoms with van der Waals surface area (Å²) in [5.41, 5.74) is 0.980. The number of nitrogens with zero attached hydrogens (tertiary/aromatic N) is 2. The lowest BCUT2D eigenvalue weighted by Gasteiger charge is -2.22. The first-order chi connectivity index (χ1) is 8.79. The molecule has 2 heterocycles. The maximum Gasteiger partial charge on any atom is 0.391 e. The third kappa shape index (κ3) is 2.97. The lowest BCUT2D eigenvalue weighted by atomic mass is 9.99. The molecule has 2 atom stereocenters. The highest BCUT2D eigenvalue weighted by Gasteiger charge is 2.38. The van der Waals surface area contributed by atoms with Crippen molar-refractivity contribution in [1.29, 1.82) is 0 Å². The minimum Gasteiger partial charge on any atom is -0.307 e. The van der Waals surface area contributed by atoms with Gasteiger partial charge >= 0.3 is 6.18 Å². The number of alkyl halides is 3. The summed E-state index contributed by atoms with van der Waals surface area (Å²) in [6, 6.07) is 0.240. The monoisotopic (exact) mass is 275 g/mol. The highest BCUT2D eigenvalue weighted by molar-refractivity contribution is 5.97. The zero-order valence-corrected chi connectivity index (χ0v) is 10.8. The van der Waals surface area contributed by atoms with Crippen molar-refractivity contribution in [3.05, 3.63) is 17.5 Å². The molecule has 0 radical (unpaired) electrons. The van der Waals surface area contributed by atoms with E-state index in [0.29, 0.717) is 24.3 Å². The Morgan fingerprint density at radius 1 is 1.63 bits per heavy atom. The maximum atomic E-state index is 12.5. The average molecular weight is 275 g/mol. The molecule has 0 amide bonds. The van der Waals surface area contributed by atoms with Gasteiger partial charge in [0.25, 0.3) is 0 Å². The highest BCUT2D eigenvalue weighted by atomic mass is 19.4. The van der Waals surface area contributed by atoms with Crippen molar-refractivity contribution in [2.24, 2.45) is 5.92 Å². The molecule has 7 heteroatoms. The molecule has 1 aliphatic heterocycles. The standard InChI is InChI=1S/C12H16F3N3O/c1-7(12(13,14)15)3-11(19)9-4-17-18-6-8(2)16-5-10(9)18/h4,7-8,16H,3,5-6H2,1-2H3/t7-,8-/m0/s1. The second-order valence-electron chi connectivity index (χ2n) is 5.04. The van der Waals surface area contributed by atoms with Gasteiger partial charge in [0.15, 0.2) is 5.78 Å². The van der Waals surface area contributed by atoms with Crippen LogP contribution in [0.15, 0.2) is 6.20 Å². The molecule has 1 aromatic heterocycles. The van der Waals surface area contributed by atoms with Crippen molar-refractivity contribution in [2.75, 3.05) is 0 Å². The van der Waals surface area contributed by atoms with Crippen LogP contribution >= 0.6 is 0 Å². The van der Waals surface area contributed by atoms with Crippen molar-refractivity contribution >= 4 is 5.78 Å². The Hall–Kier alpha value is -1.37. The molecule has 1 aromatic rings. The summed E-state index contributed by atoms with van der Waals surface area (Å²) in [7, 11) is 0. The molecular weight excluding hydrogens is 259 g/mol. The number of fused-ring (bicyclic) bond motifs is 1. The number of nitrogens with one attached hydrogen (secondary N) is 1. The van der Waals surface area contributed by atoms with Gasteiger partial charge in [0, 0.05) is 19.0 Å². The summed E-state index contributed by atoms with van der Waals surface area (Å²) >= 11 is 0. The molecule has 0 unspecified atom stereocenters. The third-order valence-corrected chi connectivity index (χ3v) is 3.36. The molecule has 106 valence electrons. The fourth-order valence-corrected chi connectivity index (χ4v) is 2.09. The lowest BCUT2D eigenvalue weighted by molar-refractivity contribution is -0.168. The molecule has 0 bridgehead atoms. The van der Waals surface area contributed by atoms with E-state index < -0.39 is 24.3 Å². The minimum absolute atomic E-state index is 0.240. The summed E-state index contributed by atoms with van der Waals surface area (Å²) in [6.45, 7) is 4.09. The Balaban J connectivity index is 2.13. The van der Waals surface area contributed by atoms with Crippen LogP contribution in [0.4, 0.5) is 13.2 Å². The van der Waals surface area contributed by atoms with E-state index in [-0.39, 0.29) is 6.04 Å². The van der Waals surface area contributed by atoms with Gasteiger partial charge in [0.1, 0.15) is 0 Å². The molecule has 0 saturated carbocycles. The number of aromatic nitrogens is 2. The predicted molar refractivity (Wildman–Crippen MR) is 62.7 cm³/mol. The van der Waals surface area contributed by atoms with Crippen molar-refractivity contribution < 1.29 is 18.0 Å². The van der Waals surface area contributed by atoms with Crippen LogP contribution in [0.25, 0.3) is 0 Å². The van der Waals surface area contributed by atoms with E-state index in [4.69, 9.17) is 0 Å². The van der Waals surface area contributed by atoms with E-state index in [1.165, 1.54) is 6.20 Å². The zero-order valence-electron chi connectivity index (χ0n) is 10.8. The van der Waals surface area contributed by atoms with Gasteiger partial charge in [-0.3, -0.25) is 9.48 Å². The number of halogens is 3. The van der Waals surface area contributed by atoms with Crippen LogP contribution in [-0.4, -0.2) is 27.8 Å². The number of rotatable bonds is 3. The first kappa shape index (κ1) is 14.0. The Labute approximate surface area is 109 Å². The van der Waals surface area contributed by atoms with Gasteiger partial charge in [-0.25, -0.2) is 0 Å². The van der Waals surface area contributed by atoms with Gasteiger partial charge in [-0.05, 0) is 6.92 Å². The lowest BCUT2D eigenvalue weighted by Crippen LogP contribution is -2.37. The Morgan fingerprint density at radius 3 is 2.95 bits per heavy atom. The van der Waals surface area contributed by atoms with E-state index in [1.54, 1.807) is 4.68 Å². The summed E-state index contributed by atoms with van der Waals surface area (Å²) in [5, 5.41) is 7.24. The molecule has 0 saturated heterocycles. The Bertz CT molecular complexity index is 481. The third-order valence-electron chi connectivity index (χ3n) is 3.36. The summed E-state index contributed by atoms with van der Waals surface area (Å²) in [5.74, 6) is -2.13. The number of ketones is 1. The number of carbonyl (C=O) groups is 1. The highest BCUT2D eigenvalue weighted by Crippen LogP contribution is 2.29. The predicted octanol–water partition coefficient (Wildman–Crippen LogP) is 2.15. The van der Waals surface area contributed by atoms with E-state index in [0.717, 1.165) is 6.92 Å². The van der Waals surface area contributed by atoms with Gasteiger partial charge in [0.2, 0.25) is 0 Å². The smallest absolute Gasteiger partial charge is 0.307 e. The van der Waals surface area contributed by atoms with Crippen LogP contribution < -0.4 is 5.32 Å². The average Bonchev–Trinajstić information content (AvgIpc) is 2.70.